The molecule has 0 atom stereocenters. The first kappa shape index (κ1) is 24.4. The first-order valence-electron chi connectivity index (χ1n) is 10.1. The number of amides is 1. The van der Waals surface area contributed by atoms with Crippen LogP contribution in [0.15, 0.2) is 60.7 Å². The van der Waals surface area contributed by atoms with Crippen LogP contribution in [0.25, 0.3) is 10.4 Å². The molecule has 0 unspecified atom stereocenters. The Morgan fingerprint density at radius 2 is 1.82 bits per heavy atom. The molecule has 1 amide bonds. The lowest BCUT2D eigenvalue weighted by Crippen LogP contribution is -2.37. The van der Waals surface area contributed by atoms with E-state index in [0.29, 0.717) is 5.56 Å². The third-order valence-electron chi connectivity index (χ3n) is 4.61. The summed E-state index contributed by atoms with van der Waals surface area (Å²) in [6, 6.07) is 17.3. The molecule has 8 nitrogen and oxygen atoms in total. The van der Waals surface area contributed by atoms with Crippen LogP contribution >= 0.6 is 11.3 Å². The fourth-order valence-corrected chi connectivity index (χ4v) is 5.01. The number of hydrogen-bond donors (Lipinski definition) is 2. The molecule has 0 saturated heterocycles. The van der Waals surface area contributed by atoms with E-state index in [1.54, 1.807) is 25.1 Å². The van der Waals surface area contributed by atoms with Crippen LogP contribution in [0.4, 0.5) is 10.7 Å². The smallest absolute Gasteiger partial charge is 0.341 e. The minimum Gasteiger partial charge on any atom is -0.462 e. The van der Waals surface area contributed by atoms with E-state index in [2.05, 4.69) is 5.32 Å². The maximum atomic E-state index is 12.9. The molecule has 0 aliphatic heterocycles. The lowest BCUT2D eigenvalue weighted by Gasteiger charge is -2.22. The van der Waals surface area contributed by atoms with Crippen LogP contribution in [0, 0.1) is 0 Å². The van der Waals surface area contributed by atoms with Crippen molar-refractivity contribution in [3.63, 3.8) is 0 Å². The summed E-state index contributed by atoms with van der Waals surface area (Å²) in [6.07, 6.45) is 0.995. The van der Waals surface area contributed by atoms with Crippen molar-refractivity contribution in [1.29, 1.82) is 0 Å². The monoisotopic (exact) mass is 488 g/mol. The van der Waals surface area contributed by atoms with E-state index in [4.69, 9.17) is 4.74 Å². The normalized spacial score (nSPS) is 11.1. The van der Waals surface area contributed by atoms with Crippen LogP contribution < -0.4 is 9.62 Å². The molecular formula is C23H24N2O6S2. The Hall–Kier alpha value is -3.21. The molecule has 1 heterocycles. The first-order valence-corrected chi connectivity index (χ1v) is 12.7. The SMILES string of the molecule is CCOC(=O)c1cc(-c2ccccc2)sc1NC(=O)CN(c1cccc(CO)c1)S(C)(=O)=O. The fourth-order valence-electron chi connectivity index (χ4n) is 3.10. The number of rotatable bonds is 9. The number of anilines is 2. The second-order valence-electron chi connectivity index (χ2n) is 7.09. The molecule has 33 heavy (non-hydrogen) atoms. The fraction of sp³-hybridized carbons (Fsp3) is 0.217. The number of sulfonamides is 1. The van der Waals surface area contributed by atoms with Crippen molar-refractivity contribution in [2.75, 3.05) is 29.0 Å². The molecule has 0 fully saturated rings. The largest absolute Gasteiger partial charge is 0.462 e. The van der Waals surface area contributed by atoms with E-state index in [0.717, 1.165) is 21.0 Å². The molecule has 0 aliphatic carbocycles. The van der Waals surface area contributed by atoms with Gasteiger partial charge in [0.15, 0.2) is 0 Å². The summed E-state index contributed by atoms with van der Waals surface area (Å²) >= 11 is 1.20. The van der Waals surface area contributed by atoms with Gasteiger partial charge in [0.2, 0.25) is 15.9 Å². The first-order chi connectivity index (χ1) is 15.7. The number of hydrogen-bond acceptors (Lipinski definition) is 7. The van der Waals surface area contributed by atoms with Crippen molar-refractivity contribution in [2.45, 2.75) is 13.5 Å². The Kier molecular flexibility index (Phi) is 7.85. The molecule has 3 aromatic rings. The molecule has 3 rings (SSSR count). The zero-order valence-corrected chi connectivity index (χ0v) is 19.8. The summed E-state index contributed by atoms with van der Waals surface area (Å²) in [5.74, 6) is -1.20. The average Bonchev–Trinajstić information content (AvgIpc) is 3.21. The van der Waals surface area contributed by atoms with Gasteiger partial charge in [-0.25, -0.2) is 13.2 Å². The maximum Gasteiger partial charge on any atom is 0.341 e. The van der Waals surface area contributed by atoms with Crippen LogP contribution in [0.1, 0.15) is 22.8 Å². The van der Waals surface area contributed by atoms with Crippen molar-refractivity contribution < 1.29 is 27.9 Å². The Labute approximate surface area is 196 Å². The highest BCUT2D eigenvalue weighted by Gasteiger charge is 2.24. The molecule has 0 aliphatic rings. The van der Waals surface area contributed by atoms with Crippen LogP contribution in [0.5, 0.6) is 0 Å². The number of ether oxygens (including phenoxy) is 1. The number of nitrogens with one attached hydrogen (secondary N) is 1. The Morgan fingerprint density at radius 1 is 1.09 bits per heavy atom. The number of aliphatic hydroxyl groups is 1. The van der Waals surface area contributed by atoms with Crippen LogP contribution in [-0.4, -0.2) is 44.8 Å². The van der Waals surface area contributed by atoms with Gasteiger partial charge in [-0.15, -0.1) is 11.3 Å². The van der Waals surface area contributed by atoms with E-state index < -0.39 is 28.4 Å². The zero-order valence-electron chi connectivity index (χ0n) is 18.1. The molecular weight excluding hydrogens is 464 g/mol. The average molecular weight is 489 g/mol. The Morgan fingerprint density at radius 3 is 2.45 bits per heavy atom. The summed E-state index contributed by atoms with van der Waals surface area (Å²) in [6.45, 7) is 1.09. The highest BCUT2D eigenvalue weighted by Crippen LogP contribution is 2.36. The lowest BCUT2D eigenvalue weighted by atomic mass is 10.1. The van der Waals surface area contributed by atoms with Gasteiger partial charge in [0, 0.05) is 4.88 Å². The molecule has 2 aromatic carbocycles. The van der Waals surface area contributed by atoms with E-state index in [1.807, 2.05) is 30.3 Å². The van der Waals surface area contributed by atoms with E-state index in [-0.39, 0.29) is 29.5 Å². The molecule has 0 saturated carbocycles. The number of esters is 1. The lowest BCUT2D eigenvalue weighted by molar-refractivity contribution is -0.114. The molecule has 10 heteroatoms. The van der Waals surface area contributed by atoms with Gasteiger partial charge in [0.05, 0.1) is 30.7 Å². The predicted octanol–water partition coefficient (Wildman–Crippen LogP) is 3.49. The summed E-state index contributed by atoms with van der Waals surface area (Å²) in [7, 11) is -3.80. The van der Waals surface area contributed by atoms with Crippen LogP contribution in [-0.2, 0) is 26.2 Å². The number of aliphatic hydroxyl groups excluding tert-OH is 1. The highest BCUT2D eigenvalue weighted by atomic mass is 32.2. The molecule has 0 bridgehead atoms. The molecule has 2 N–H and O–H groups in total. The predicted molar refractivity (Wildman–Crippen MR) is 129 cm³/mol. The molecule has 0 spiro atoms. The van der Waals surface area contributed by atoms with Crippen molar-refractivity contribution in [1.82, 2.24) is 0 Å². The zero-order chi connectivity index (χ0) is 24.0. The maximum absolute atomic E-state index is 12.9. The summed E-state index contributed by atoms with van der Waals surface area (Å²) in [5.41, 5.74) is 1.83. The Balaban J connectivity index is 1.90. The molecule has 1 aromatic heterocycles. The number of thiophene rings is 1. The number of benzene rings is 2. The summed E-state index contributed by atoms with van der Waals surface area (Å²) in [5, 5.41) is 12.3. The van der Waals surface area contributed by atoms with Crippen molar-refractivity contribution >= 4 is 43.9 Å². The quantitative estimate of drug-likeness (QED) is 0.446. The van der Waals surface area contributed by atoms with Crippen LogP contribution in [0.2, 0.25) is 0 Å². The second kappa shape index (κ2) is 10.6. The minimum atomic E-state index is -3.80. The number of nitrogens with zero attached hydrogens (tertiary/aromatic N) is 1. The van der Waals surface area contributed by atoms with Crippen LogP contribution in [0.3, 0.4) is 0 Å². The third kappa shape index (κ3) is 6.19. The van der Waals surface area contributed by atoms with Gasteiger partial charge in [0.25, 0.3) is 0 Å². The van der Waals surface area contributed by atoms with Gasteiger partial charge in [-0.05, 0) is 36.2 Å². The summed E-state index contributed by atoms with van der Waals surface area (Å²) in [4.78, 5) is 26.1. The van der Waals surface area contributed by atoms with Gasteiger partial charge >= 0.3 is 5.97 Å². The van der Waals surface area contributed by atoms with Gasteiger partial charge < -0.3 is 15.2 Å². The number of carbonyl (C=O) groups excluding carboxylic acids is 2. The second-order valence-corrected chi connectivity index (χ2v) is 10.0. The van der Waals surface area contributed by atoms with E-state index in [9.17, 15) is 23.1 Å². The van der Waals surface area contributed by atoms with Gasteiger partial charge in [-0.1, -0.05) is 42.5 Å². The van der Waals surface area contributed by atoms with Gasteiger partial charge in [-0.3, -0.25) is 9.10 Å². The van der Waals surface area contributed by atoms with Gasteiger partial charge in [0.1, 0.15) is 11.5 Å². The highest BCUT2D eigenvalue weighted by molar-refractivity contribution is 7.92. The van der Waals surface area contributed by atoms with Gasteiger partial charge in [-0.2, -0.15) is 0 Å². The van der Waals surface area contributed by atoms with Crippen molar-refractivity contribution in [2.24, 2.45) is 0 Å². The van der Waals surface area contributed by atoms with Crippen molar-refractivity contribution in [3.8, 4) is 10.4 Å². The standard InChI is InChI=1S/C23H24N2O6S2/c1-3-31-23(28)19-13-20(17-9-5-4-6-10-17)32-22(19)24-21(27)14-25(33(2,29)30)18-11-7-8-16(12-18)15-26/h4-13,26H,3,14-15H2,1-2H3,(H,24,27). The summed E-state index contributed by atoms with van der Waals surface area (Å²) < 4.78 is 30.8. The van der Waals surface area contributed by atoms with E-state index >= 15 is 0 Å². The van der Waals surface area contributed by atoms with Crippen molar-refractivity contribution in [3.05, 3.63) is 71.8 Å². The molecule has 0 radical (unpaired) electrons. The Bertz CT molecular complexity index is 1240. The third-order valence-corrected chi connectivity index (χ3v) is 6.85. The topological polar surface area (TPSA) is 113 Å². The molecule has 174 valence electrons. The number of carbonyl (C=O) groups is 2. The van der Waals surface area contributed by atoms with E-state index in [1.165, 1.54) is 23.5 Å². The minimum absolute atomic E-state index is 0.172.